The van der Waals surface area contributed by atoms with E-state index >= 15 is 0 Å². The first-order valence-electron chi connectivity index (χ1n) is 11.3. The molecule has 1 fully saturated rings. The van der Waals surface area contributed by atoms with Crippen LogP contribution in [0.3, 0.4) is 0 Å². The smallest absolute Gasteiger partial charge is 0.233 e. The summed E-state index contributed by atoms with van der Waals surface area (Å²) < 4.78 is 20.6. The molecule has 8 heteroatoms. The standard InChI is InChI=1S/C25H29FN4O2S/c1-29-24(19-7-6-10-22(15-19)32-2)27-28-25(29)33-17-23(31)30(21-8-4-3-5-9-21)16-18-11-13-20(26)14-12-18/h6-7,10-15,21H,3-5,8-9,16-17H2,1-2H3. The van der Waals surface area contributed by atoms with E-state index in [0.29, 0.717) is 11.7 Å². The lowest BCUT2D eigenvalue weighted by Gasteiger charge is -2.34. The number of halogens is 1. The number of hydrogen-bond acceptors (Lipinski definition) is 5. The van der Waals surface area contributed by atoms with E-state index in [4.69, 9.17) is 4.74 Å². The van der Waals surface area contributed by atoms with E-state index in [0.717, 1.165) is 48.4 Å². The quantitative estimate of drug-likeness (QED) is 0.431. The highest BCUT2D eigenvalue weighted by Crippen LogP contribution is 2.28. The molecule has 1 aliphatic carbocycles. The first-order chi connectivity index (χ1) is 16.0. The van der Waals surface area contributed by atoms with Crippen LogP contribution in [0.2, 0.25) is 0 Å². The Morgan fingerprint density at radius 3 is 2.64 bits per heavy atom. The zero-order valence-corrected chi connectivity index (χ0v) is 19.9. The highest BCUT2D eigenvalue weighted by atomic mass is 32.2. The Hall–Kier alpha value is -2.87. The van der Waals surface area contributed by atoms with E-state index in [-0.39, 0.29) is 23.5 Å². The van der Waals surface area contributed by atoms with Gasteiger partial charge >= 0.3 is 0 Å². The van der Waals surface area contributed by atoms with Crippen molar-refractivity contribution in [3.05, 3.63) is 59.9 Å². The summed E-state index contributed by atoms with van der Waals surface area (Å²) in [6.07, 6.45) is 5.52. The van der Waals surface area contributed by atoms with Crippen molar-refractivity contribution in [1.29, 1.82) is 0 Å². The number of benzene rings is 2. The van der Waals surface area contributed by atoms with Crippen molar-refractivity contribution in [3.63, 3.8) is 0 Å². The number of amides is 1. The zero-order chi connectivity index (χ0) is 23.2. The van der Waals surface area contributed by atoms with Gasteiger partial charge in [-0.05, 0) is 42.7 Å². The van der Waals surface area contributed by atoms with Gasteiger partial charge in [-0.2, -0.15) is 0 Å². The van der Waals surface area contributed by atoms with E-state index in [2.05, 4.69) is 10.2 Å². The van der Waals surface area contributed by atoms with Crippen molar-refractivity contribution in [2.24, 2.45) is 7.05 Å². The molecular formula is C25H29FN4O2S. The topological polar surface area (TPSA) is 60.3 Å². The molecule has 0 radical (unpaired) electrons. The summed E-state index contributed by atoms with van der Waals surface area (Å²) in [4.78, 5) is 15.3. The highest BCUT2D eigenvalue weighted by Gasteiger charge is 2.26. The third-order valence-electron chi connectivity index (χ3n) is 6.09. The number of carbonyl (C=O) groups excluding carboxylic acids is 1. The van der Waals surface area contributed by atoms with E-state index in [1.54, 1.807) is 19.2 Å². The third-order valence-corrected chi connectivity index (χ3v) is 7.09. The molecule has 33 heavy (non-hydrogen) atoms. The fourth-order valence-electron chi connectivity index (χ4n) is 4.26. The van der Waals surface area contributed by atoms with Crippen LogP contribution in [0.15, 0.2) is 53.7 Å². The van der Waals surface area contributed by atoms with Crippen LogP contribution in [0.4, 0.5) is 4.39 Å². The molecule has 0 unspecified atom stereocenters. The normalized spacial score (nSPS) is 14.3. The van der Waals surface area contributed by atoms with Crippen LogP contribution >= 0.6 is 11.8 Å². The van der Waals surface area contributed by atoms with Crippen molar-refractivity contribution in [2.45, 2.75) is 49.8 Å². The first-order valence-corrected chi connectivity index (χ1v) is 12.2. The second kappa shape index (κ2) is 10.8. The van der Waals surface area contributed by atoms with Gasteiger partial charge in [-0.3, -0.25) is 4.79 Å². The molecule has 3 aromatic rings. The number of thioether (sulfide) groups is 1. The van der Waals surface area contributed by atoms with Gasteiger partial charge in [0.15, 0.2) is 11.0 Å². The Morgan fingerprint density at radius 1 is 1.15 bits per heavy atom. The van der Waals surface area contributed by atoms with Gasteiger partial charge in [-0.1, -0.05) is 55.3 Å². The zero-order valence-electron chi connectivity index (χ0n) is 19.0. The number of nitrogens with zero attached hydrogens (tertiary/aromatic N) is 4. The number of ether oxygens (including phenoxy) is 1. The third kappa shape index (κ3) is 5.74. The van der Waals surface area contributed by atoms with Gasteiger partial charge in [0, 0.05) is 25.2 Å². The van der Waals surface area contributed by atoms with E-state index in [1.807, 2.05) is 40.8 Å². The van der Waals surface area contributed by atoms with Gasteiger partial charge in [0.1, 0.15) is 11.6 Å². The van der Waals surface area contributed by atoms with Crippen LogP contribution in [-0.2, 0) is 18.4 Å². The summed E-state index contributed by atoms with van der Waals surface area (Å²) in [5, 5.41) is 9.32. The number of aromatic nitrogens is 3. The fraction of sp³-hybridized carbons (Fsp3) is 0.400. The lowest BCUT2D eigenvalue weighted by atomic mass is 9.94. The van der Waals surface area contributed by atoms with Gasteiger partial charge in [0.25, 0.3) is 0 Å². The van der Waals surface area contributed by atoms with Crippen molar-refractivity contribution in [1.82, 2.24) is 19.7 Å². The monoisotopic (exact) mass is 468 g/mol. The predicted molar refractivity (Wildman–Crippen MR) is 128 cm³/mol. The SMILES string of the molecule is COc1cccc(-c2nnc(SCC(=O)N(Cc3ccc(F)cc3)C3CCCCC3)n2C)c1. The molecule has 1 heterocycles. The first kappa shape index (κ1) is 23.3. The fourth-order valence-corrected chi connectivity index (χ4v) is 5.06. The van der Waals surface area contributed by atoms with Crippen molar-refractivity contribution < 1.29 is 13.9 Å². The molecule has 0 saturated heterocycles. The molecule has 0 N–H and O–H groups in total. The number of hydrogen-bond donors (Lipinski definition) is 0. The molecule has 1 saturated carbocycles. The van der Waals surface area contributed by atoms with Crippen LogP contribution < -0.4 is 4.74 Å². The highest BCUT2D eigenvalue weighted by molar-refractivity contribution is 7.99. The Bertz CT molecular complexity index is 1080. The average Bonchev–Trinajstić information content (AvgIpc) is 3.22. The lowest BCUT2D eigenvalue weighted by molar-refractivity contribution is -0.132. The van der Waals surface area contributed by atoms with Crippen LogP contribution in [0.25, 0.3) is 11.4 Å². The van der Waals surface area contributed by atoms with Crippen molar-refractivity contribution in [2.75, 3.05) is 12.9 Å². The number of carbonyl (C=O) groups is 1. The summed E-state index contributed by atoms with van der Waals surface area (Å²) in [6.45, 7) is 0.498. The molecule has 1 aliphatic rings. The molecule has 1 aromatic heterocycles. The molecule has 0 atom stereocenters. The van der Waals surface area contributed by atoms with Gasteiger partial charge in [-0.25, -0.2) is 4.39 Å². The maximum Gasteiger partial charge on any atom is 0.233 e. The summed E-state index contributed by atoms with van der Waals surface area (Å²) in [6, 6.07) is 14.3. The Labute approximate surface area is 198 Å². The second-order valence-corrected chi connectivity index (χ2v) is 9.27. The molecule has 4 rings (SSSR count). The molecule has 0 bridgehead atoms. The van der Waals surface area contributed by atoms with Gasteiger partial charge in [0.05, 0.1) is 12.9 Å². The Balaban J connectivity index is 1.46. The van der Waals surface area contributed by atoms with E-state index in [1.165, 1.54) is 30.3 Å². The van der Waals surface area contributed by atoms with Gasteiger partial charge < -0.3 is 14.2 Å². The van der Waals surface area contributed by atoms with Gasteiger partial charge in [0.2, 0.25) is 5.91 Å². The molecule has 0 spiro atoms. The molecular weight excluding hydrogens is 439 g/mol. The minimum Gasteiger partial charge on any atom is -0.497 e. The number of rotatable bonds is 8. The van der Waals surface area contributed by atoms with E-state index < -0.39 is 0 Å². The minimum absolute atomic E-state index is 0.0714. The minimum atomic E-state index is -0.265. The molecule has 1 amide bonds. The predicted octanol–water partition coefficient (Wildman–Crippen LogP) is 5.08. The molecule has 2 aromatic carbocycles. The van der Waals surface area contributed by atoms with Crippen LogP contribution in [0.5, 0.6) is 5.75 Å². The van der Waals surface area contributed by atoms with E-state index in [9.17, 15) is 9.18 Å². The van der Waals surface area contributed by atoms with Crippen molar-refractivity contribution >= 4 is 17.7 Å². The molecule has 174 valence electrons. The average molecular weight is 469 g/mol. The molecule has 6 nitrogen and oxygen atoms in total. The van der Waals surface area contributed by atoms with Gasteiger partial charge in [-0.15, -0.1) is 10.2 Å². The lowest BCUT2D eigenvalue weighted by Crippen LogP contribution is -2.42. The number of methoxy groups -OCH3 is 1. The maximum absolute atomic E-state index is 13.3. The Kier molecular flexibility index (Phi) is 7.65. The Morgan fingerprint density at radius 2 is 1.91 bits per heavy atom. The van der Waals surface area contributed by atoms with Crippen LogP contribution in [-0.4, -0.2) is 44.5 Å². The molecule has 0 aliphatic heterocycles. The van der Waals surface area contributed by atoms with Crippen LogP contribution in [0, 0.1) is 5.82 Å². The summed E-state index contributed by atoms with van der Waals surface area (Å²) in [5.74, 6) is 1.56. The summed E-state index contributed by atoms with van der Waals surface area (Å²) in [5.41, 5.74) is 1.85. The largest absolute Gasteiger partial charge is 0.497 e. The summed E-state index contributed by atoms with van der Waals surface area (Å²) in [7, 11) is 3.53. The van der Waals surface area contributed by atoms with Crippen LogP contribution in [0.1, 0.15) is 37.7 Å². The summed E-state index contributed by atoms with van der Waals surface area (Å²) >= 11 is 1.39. The van der Waals surface area contributed by atoms with Crippen molar-refractivity contribution in [3.8, 4) is 17.1 Å². The maximum atomic E-state index is 13.3. The second-order valence-electron chi connectivity index (χ2n) is 8.33.